The van der Waals surface area contributed by atoms with Crippen molar-refractivity contribution in [3.05, 3.63) is 58.4 Å². The summed E-state index contributed by atoms with van der Waals surface area (Å²) in [5.74, 6) is 0.0805. The molecule has 2 heterocycles. The molecule has 0 aliphatic carbocycles. The van der Waals surface area contributed by atoms with Crippen molar-refractivity contribution in [2.24, 2.45) is 0 Å². The second kappa shape index (κ2) is 5.77. The van der Waals surface area contributed by atoms with Crippen LogP contribution in [0.2, 0.25) is 0 Å². The van der Waals surface area contributed by atoms with Gasteiger partial charge >= 0.3 is 0 Å². The summed E-state index contributed by atoms with van der Waals surface area (Å²) >= 11 is 6.08. The van der Waals surface area contributed by atoms with E-state index in [-0.39, 0.29) is 5.78 Å². The van der Waals surface area contributed by atoms with Crippen molar-refractivity contribution >= 4 is 40.7 Å². The van der Waals surface area contributed by atoms with Crippen LogP contribution in [0.3, 0.4) is 0 Å². The van der Waals surface area contributed by atoms with E-state index in [0.717, 1.165) is 22.2 Å². The summed E-state index contributed by atoms with van der Waals surface area (Å²) in [6, 6.07) is 13.6. The standard InChI is InChI=1S/C16H13NOS2/c18-14(9-7-12-4-2-10-20-12)13-8-6-11-3-1-5-15(19)16(11)17-13/h1-6,8,10,19H,7,9H2. The Bertz CT molecular complexity index is 750. The summed E-state index contributed by atoms with van der Waals surface area (Å²) in [5, 5.41) is 3.04. The first kappa shape index (κ1) is 13.3. The molecule has 0 amide bonds. The van der Waals surface area contributed by atoms with Gasteiger partial charge in [0.2, 0.25) is 0 Å². The van der Waals surface area contributed by atoms with Crippen molar-refractivity contribution in [3.63, 3.8) is 0 Å². The highest BCUT2D eigenvalue weighted by Crippen LogP contribution is 2.21. The molecule has 0 spiro atoms. The minimum Gasteiger partial charge on any atom is -0.292 e. The molecule has 0 atom stereocenters. The number of thiophene rings is 1. The Morgan fingerprint density at radius 3 is 2.85 bits per heavy atom. The van der Waals surface area contributed by atoms with E-state index < -0.39 is 0 Å². The molecule has 3 aromatic rings. The Morgan fingerprint density at radius 1 is 1.15 bits per heavy atom. The fourth-order valence-corrected chi connectivity index (χ4v) is 3.08. The number of thiol groups is 1. The van der Waals surface area contributed by atoms with Crippen LogP contribution >= 0.6 is 24.0 Å². The largest absolute Gasteiger partial charge is 0.292 e. The molecule has 1 aromatic carbocycles. The lowest BCUT2D eigenvalue weighted by molar-refractivity contribution is 0.0978. The molecule has 0 unspecified atom stereocenters. The maximum atomic E-state index is 12.2. The van der Waals surface area contributed by atoms with E-state index in [9.17, 15) is 4.79 Å². The lowest BCUT2D eigenvalue weighted by Gasteiger charge is -2.04. The number of carbonyl (C=O) groups excluding carboxylic acids is 1. The molecular formula is C16H13NOS2. The van der Waals surface area contributed by atoms with Gasteiger partial charge in [-0.1, -0.05) is 24.3 Å². The zero-order valence-corrected chi connectivity index (χ0v) is 12.5. The Balaban J connectivity index is 1.82. The van der Waals surface area contributed by atoms with Gasteiger partial charge in [-0.2, -0.15) is 0 Å². The third-order valence-electron chi connectivity index (χ3n) is 3.16. The minimum atomic E-state index is 0.0805. The smallest absolute Gasteiger partial charge is 0.181 e. The maximum Gasteiger partial charge on any atom is 0.181 e. The molecule has 20 heavy (non-hydrogen) atoms. The average Bonchev–Trinajstić information content (AvgIpc) is 2.98. The maximum absolute atomic E-state index is 12.2. The first-order valence-electron chi connectivity index (χ1n) is 6.38. The second-order valence-corrected chi connectivity index (χ2v) is 6.06. The van der Waals surface area contributed by atoms with Crippen LogP contribution in [0.25, 0.3) is 10.9 Å². The van der Waals surface area contributed by atoms with Crippen molar-refractivity contribution in [2.75, 3.05) is 0 Å². The number of ketones is 1. The molecule has 0 aliphatic heterocycles. The lowest BCUT2D eigenvalue weighted by atomic mass is 10.1. The Labute approximate surface area is 126 Å². The molecule has 0 N–H and O–H groups in total. The number of rotatable bonds is 4. The lowest BCUT2D eigenvalue weighted by Crippen LogP contribution is -2.03. The first-order chi connectivity index (χ1) is 9.74. The van der Waals surface area contributed by atoms with Crippen LogP contribution in [-0.2, 0) is 6.42 Å². The van der Waals surface area contributed by atoms with E-state index in [1.807, 2.05) is 35.7 Å². The summed E-state index contributed by atoms with van der Waals surface area (Å²) in [5.41, 5.74) is 1.31. The number of carbonyl (C=O) groups is 1. The Hall–Kier alpha value is -1.65. The number of aromatic nitrogens is 1. The molecule has 100 valence electrons. The highest BCUT2D eigenvalue weighted by molar-refractivity contribution is 7.80. The summed E-state index contributed by atoms with van der Waals surface area (Å²) in [7, 11) is 0. The number of para-hydroxylation sites is 1. The topological polar surface area (TPSA) is 30.0 Å². The first-order valence-corrected chi connectivity index (χ1v) is 7.71. The van der Waals surface area contributed by atoms with Crippen molar-refractivity contribution in [2.45, 2.75) is 17.7 Å². The van der Waals surface area contributed by atoms with Crippen LogP contribution in [-0.4, -0.2) is 10.8 Å². The zero-order chi connectivity index (χ0) is 13.9. The summed E-state index contributed by atoms with van der Waals surface area (Å²) in [6.07, 6.45) is 1.27. The third-order valence-corrected chi connectivity index (χ3v) is 4.46. The van der Waals surface area contributed by atoms with Crippen LogP contribution < -0.4 is 0 Å². The number of pyridine rings is 1. The number of benzene rings is 1. The number of hydrogen-bond donors (Lipinski definition) is 1. The monoisotopic (exact) mass is 299 g/mol. The number of fused-ring (bicyclic) bond motifs is 1. The zero-order valence-electron chi connectivity index (χ0n) is 10.7. The number of Topliss-reactive ketones (excluding diaryl/α,β-unsaturated/α-hetero) is 1. The predicted octanol–water partition coefficient (Wildman–Crippen LogP) is 4.40. The number of hydrogen-bond acceptors (Lipinski definition) is 4. The van der Waals surface area contributed by atoms with Crippen molar-refractivity contribution in [1.82, 2.24) is 4.98 Å². The molecule has 2 nitrogen and oxygen atoms in total. The molecule has 0 saturated carbocycles. The van der Waals surface area contributed by atoms with Gasteiger partial charge in [-0.25, -0.2) is 4.98 Å². The molecule has 2 aromatic heterocycles. The fourth-order valence-electron chi connectivity index (χ4n) is 2.11. The van der Waals surface area contributed by atoms with Gasteiger partial charge in [-0.15, -0.1) is 24.0 Å². The van der Waals surface area contributed by atoms with Gasteiger partial charge in [0.15, 0.2) is 5.78 Å². The minimum absolute atomic E-state index is 0.0805. The van der Waals surface area contributed by atoms with Crippen molar-refractivity contribution < 1.29 is 4.79 Å². The molecule has 4 heteroatoms. The Morgan fingerprint density at radius 2 is 2.05 bits per heavy atom. The SMILES string of the molecule is O=C(CCc1cccs1)c1ccc2cccc(S)c2n1. The predicted molar refractivity (Wildman–Crippen MR) is 86.0 cm³/mol. The van der Waals surface area contributed by atoms with Crippen LogP contribution in [0.4, 0.5) is 0 Å². The fraction of sp³-hybridized carbons (Fsp3) is 0.125. The summed E-state index contributed by atoms with van der Waals surface area (Å²) in [6.45, 7) is 0. The molecule has 0 bridgehead atoms. The quantitative estimate of drug-likeness (QED) is 0.571. The van der Waals surface area contributed by atoms with Gasteiger partial charge in [0.05, 0.1) is 5.52 Å². The molecule has 0 aliphatic rings. The van der Waals surface area contributed by atoms with E-state index in [4.69, 9.17) is 0 Å². The van der Waals surface area contributed by atoms with Crippen LogP contribution in [0.1, 0.15) is 21.8 Å². The van der Waals surface area contributed by atoms with Crippen LogP contribution in [0.5, 0.6) is 0 Å². The van der Waals surface area contributed by atoms with E-state index in [1.165, 1.54) is 4.88 Å². The van der Waals surface area contributed by atoms with Crippen molar-refractivity contribution in [3.8, 4) is 0 Å². The molecule has 3 rings (SSSR count). The van der Waals surface area contributed by atoms with Gasteiger partial charge in [0.1, 0.15) is 5.69 Å². The number of nitrogens with zero attached hydrogens (tertiary/aromatic N) is 1. The van der Waals surface area contributed by atoms with Gasteiger partial charge in [0.25, 0.3) is 0 Å². The summed E-state index contributed by atoms with van der Waals surface area (Å²) in [4.78, 5) is 18.7. The Kier molecular flexibility index (Phi) is 3.85. The van der Waals surface area contributed by atoms with E-state index in [2.05, 4.69) is 23.7 Å². The molecular weight excluding hydrogens is 286 g/mol. The highest BCUT2D eigenvalue weighted by atomic mass is 32.1. The molecule has 0 saturated heterocycles. The highest BCUT2D eigenvalue weighted by Gasteiger charge is 2.10. The van der Waals surface area contributed by atoms with Crippen LogP contribution in [0, 0.1) is 0 Å². The van der Waals surface area contributed by atoms with E-state index in [0.29, 0.717) is 12.1 Å². The van der Waals surface area contributed by atoms with Gasteiger partial charge < -0.3 is 0 Å². The molecule has 0 radical (unpaired) electrons. The summed E-state index contributed by atoms with van der Waals surface area (Å²) < 4.78 is 0. The van der Waals surface area contributed by atoms with Crippen molar-refractivity contribution in [1.29, 1.82) is 0 Å². The van der Waals surface area contributed by atoms with Gasteiger partial charge in [-0.05, 0) is 30.0 Å². The average molecular weight is 299 g/mol. The van der Waals surface area contributed by atoms with Gasteiger partial charge in [0, 0.05) is 21.6 Å². The number of aryl methyl sites for hydroxylation is 1. The normalized spacial score (nSPS) is 10.8. The van der Waals surface area contributed by atoms with E-state index >= 15 is 0 Å². The van der Waals surface area contributed by atoms with Gasteiger partial charge in [-0.3, -0.25) is 4.79 Å². The van der Waals surface area contributed by atoms with E-state index in [1.54, 1.807) is 17.4 Å². The second-order valence-electron chi connectivity index (χ2n) is 4.55. The third kappa shape index (κ3) is 2.76. The molecule has 0 fully saturated rings. The van der Waals surface area contributed by atoms with Crippen LogP contribution in [0.15, 0.2) is 52.7 Å².